The largest absolute Gasteiger partial charge is 0.492 e. The second-order valence-electron chi connectivity index (χ2n) is 4.69. The van der Waals surface area contributed by atoms with Crippen molar-refractivity contribution in [1.82, 2.24) is 20.2 Å². The lowest BCUT2D eigenvalue weighted by Crippen LogP contribution is -2.15. The number of nitrogen functional groups attached to an aromatic ring is 1. The average molecular weight is 275 g/mol. The molecular weight excluding hydrogens is 254 g/mol. The lowest BCUT2D eigenvalue weighted by atomic mass is 10.0. The molecular formula is C14H21N5O. The van der Waals surface area contributed by atoms with Gasteiger partial charge in [-0.25, -0.2) is 4.68 Å². The summed E-state index contributed by atoms with van der Waals surface area (Å²) >= 11 is 0. The Bertz CT molecular complexity index is 536. The summed E-state index contributed by atoms with van der Waals surface area (Å²) in [5, 5.41) is 11.9. The van der Waals surface area contributed by atoms with Crippen LogP contribution in [-0.2, 0) is 6.54 Å². The van der Waals surface area contributed by atoms with E-state index in [0.717, 1.165) is 24.4 Å². The van der Waals surface area contributed by atoms with Crippen LogP contribution >= 0.6 is 0 Å². The highest BCUT2D eigenvalue weighted by Crippen LogP contribution is 2.20. The van der Waals surface area contributed by atoms with Crippen molar-refractivity contribution in [2.24, 2.45) is 0 Å². The molecule has 0 saturated heterocycles. The van der Waals surface area contributed by atoms with Gasteiger partial charge in [0.2, 0.25) is 0 Å². The first-order valence-corrected chi connectivity index (χ1v) is 6.99. The third kappa shape index (κ3) is 3.46. The minimum Gasteiger partial charge on any atom is -0.492 e. The second-order valence-corrected chi connectivity index (χ2v) is 4.69. The van der Waals surface area contributed by atoms with E-state index in [0.29, 0.717) is 24.8 Å². The molecule has 0 unspecified atom stereocenters. The van der Waals surface area contributed by atoms with E-state index in [1.54, 1.807) is 6.07 Å². The first kappa shape index (κ1) is 14.3. The van der Waals surface area contributed by atoms with Gasteiger partial charge >= 0.3 is 0 Å². The van der Waals surface area contributed by atoms with Crippen molar-refractivity contribution in [3.05, 3.63) is 30.1 Å². The zero-order chi connectivity index (χ0) is 14.4. The molecule has 1 aromatic heterocycles. The van der Waals surface area contributed by atoms with Crippen LogP contribution in [0.1, 0.15) is 38.4 Å². The molecule has 0 aliphatic heterocycles. The standard InChI is InChI=1S/C14H21N5O/c1-3-11(4-2)14-16-17-18-19(14)8-9-20-13-7-5-6-12(15)10-13/h5-7,10-11H,3-4,8-9,15H2,1-2H3. The minimum absolute atomic E-state index is 0.400. The molecule has 2 aromatic rings. The second kappa shape index (κ2) is 6.88. The summed E-state index contributed by atoms with van der Waals surface area (Å²) < 4.78 is 7.49. The number of hydrogen-bond donors (Lipinski definition) is 1. The van der Waals surface area contributed by atoms with Crippen molar-refractivity contribution in [1.29, 1.82) is 0 Å². The fourth-order valence-corrected chi connectivity index (χ4v) is 2.17. The molecule has 2 rings (SSSR count). The number of rotatable bonds is 7. The molecule has 0 fully saturated rings. The molecule has 1 aromatic carbocycles. The first-order chi connectivity index (χ1) is 9.74. The van der Waals surface area contributed by atoms with Crippen molar-refractivity contribution < 1.29 is 4.74 Å². The van der Waals surface area contributed by atoms with E-state index < -0.39 is 0 Å². The Labute approximate surface area is 118 Å². The van der Waals surface area contributed by atoms with E-state index in [-0.39, 0.29) is 0 Å². The monoisotopic (exact) mass is 275 g/mol. The van der Waals surface area contributed by atoms with Crippen LogP contribution in [0, 0.1) is 0 Å². The zero-order valence-corrected chi connectivity index (χ0v) is 12.0. The maximum atomic E-state index is 5.71. The van der Waals surface area contributed by atoms with E-state index in [2.05, 4.69) is 29.4 Å². The Morgan fingerprint density at radius 3 is 2.80 bits per heavy atom. The Hall–Kier alpha value is -2.11. The van der Waals surface area contributed by atoms with E-state index in [9.17, 15) is 0 Å². The van der Waals surface area contributed by atoms with Gasteiger partial charge in [0.1, 0.15) is 12.4 Å². The topological polar surface area (TPSA) is 78.8 Å². The first-order valence-electron chi connectivity index (χ1n) is 6.99. The highest BCUT2D eigenvalue weighted by atomic mass is 16.5. The summed E-state index contributed by atoms with van der Waals surface area (Å²) in [4.78, 5) is 0. The Balaban J connectivity index is 1.93. The normalized spacial score (nSPS) is 10.9. The highest BCUT2D eigenvalue weighted by molar-refractivity contribution is 5.43. The van der Waals surface area contributed by atoms with Crippen LogP contribution in [0.15, 0.2) is 24.3 Å². The van der Waals surface area contributed by atoms with Crippen LogP contribution in [0.3, 0.4) is 0 Å². The summed E-state index contributed by atoms with van der Waals surface area (Å²) in [6.45, 7) is 5.45. The number of anilines is 1. The van der Waals surface area contributed by atoms with Gasteiger partial charge in [-0.1, -0.05) is 19.9 Å². The summed E-state index contributed by atoms with van der Waals surface area (Å²) in [5.41, 5.74) is 6.40. The van der Waals surface area contributed by atoms with Gasteiger partial charge in [0.05, 0.1) is 6.54 Å². The van der Waals surface area contributed by atoms with Crippen molar-refractivity contribution in [2.75, 3.05) is 12.3 Å². The van der Waals surface area contributed by atoms with E-state index in [1.807, 2.05) is 22.9 Å². The van der Waals surface area contributed by atoms with Crippen molar-refractivity contribution >= 4 is 5.69 Å². The van der Waals surface area contributed by atoms with Crippen molar-refractivity contribution in [3.8, 4) is 5.75 Å². The molecule has 20 heavy (non-hydrogen) atoms. The number of aromatic nitrogens is 4. The van der Waals surface area contributed by atoms with Gasteiger partial charge in [0.25, 0.3) is 0 Å². The number of ether oxygens (including phenoxy) is 1. The van der Waals surface area contributed by atoms with Crippen LogP contribution in [-0.4, -0.2) is 26.8 Å². The molecule has 0 spiro atoms. The van der Waals surface area contributed by atoms with Crippen LogP contribution in [0.5, 0.6) is 5.75 Å². The van der Waals surface area contributed by atoms with Gasteiger partial charge < -0.3 is 10.5 Å². The third-order valence-corrected chi connectivity index (χ3v) is 3.34. The average Bonchev–Trinajstić information content (AvgIpc) is 2.89. The van der Waals surface area contributed by atoms with Crippen LogP contribution in [0.4, 0.5) is 5.69 Å². The molecule has 0 bridgehead atoms. The Morgan fingerprint density at radius 2 is 2.10 bits per heavy atom. The maximum absolute atomic E-state index is 5.71. The Morgan fingerprint density at radius 1 is 1.30 bits per heavy atom. The molecule has 0 aliphatic carbocycles. The summed E-state index contributed by atoms with van der Waals surface area (Å²) in [6.07, 6.45) is 2.07. The number of benzene rings is 1. The molecule has 108 valence electrons. The molecule has 6 heteroatoms. The Kier molecular flexibility index (Phi) is 4.92. The van der Waals surface area contributed by atoms with Crippen LogP contribution < -0.4 is 10.5 Å². The molecule has 6 nitrogen and oxygen atoms in total. The van der Waals surface area contributed by atoms with Crippen LogP contribution in [0.2, 0.25) is 0 Å². The van der Waals surface area contributed by atoms with Crippen molar-refractivity contribution in [2.45, 2.75) is 39.2 Å². The minimum atomic E-state index is 0.400. The van der Waals surface area contributed by atoms with Gasteiger partial charge in [-0.15, -0.1) is 5.10 Å². The SMILES string of the molecule is CCC(CC)c1nnnn1CCOc1cccc(N)c1. The lowest BCUT2D eigenvalue weighted by Gasteiger charge is -2.12. The summed E-state index contributed by atoms with van der Waals surface area (Å²) in [6, 6.07) is 7.40. The lowest BCUT2D eigenvalue weighted by molar-refractivity contribution is 0.285. The van der Waals surface area contributed by atoms with E-state index in [4.69, 9.17) is 10.5 Å². The number of nitrogens with two attached hydrogens (primary N) is 1. The number of nitrogens with zero attached hydrogens (tertiary/aromatic N) is 4. The molecule has 2 N–H and O–H groups in total. The summed E-state index contributed by atoms with van der Waals surface area (Å²) in [7, 11) is 0. The van der Waals surface area contributed by atoms with Gasteiger partial charge in [0, 0.05) is 17.7 Å². The maximum Gasteiger partial charge on any atom is 0.154 e. The predicted octanol–water partition coefficient (Wildman–Crippen LogP) is 2.24. The summed E-state index contributed by atoms with van der Waals surface area (Å²) in [5.74, 6) is 2.10. The number of tetrazole rings is 1. The smallest absolute Gasteiger partial charge is 0.154 e. The molecule has 0 amide bonds. The fraction of sp³-hybridized carbons (Fsp3) is 0.500. The molecule has 0 radical (unpaired) electrons. The predicted molar refractivity (Wildman–Crippen MR) is 77.5 cm³/mol. The van der Waals surface area contributed by atoms with Crippen molar-refractivity contribution in [3.63, 3.8) is 0 Å². The fourth-order valence-electron chi connectivity index (χ4n) is 2.17. The van der Waals surface area contributed by atoms with Gasteiger partial charge in [-0.05, 0) is 35.4 Å². The highest BCUT2D eigenvalue weighted by Gasteiger charge is 2.15. The molecule has 1 heterocycles. The third-order valence-electron chi connectivity index (χ3n) is 3.34. The van der Waals surface area contributed by atoms with Gasteiger partial charge in [0.15, 0.2) is 5.82 Å². The van der Waals surface area contributed by atoms with E-state index >= 15 is 0 Å². The van der Waals surface area contributed by atoms with Crippen LogP contribution in [0.25, 0.3) is 0 Å². The van der Waals surface area contributed by atoms with E-state index in [1.165, 1.54) is 0 Å². The number of hydrogen-bond acceptors (Lipinski definition) is 5. The molecule has 0 saturated carbocycles. The van der Waals surface area contributed by atoms with Gasteiger partial charge in [-0.2, -0.15) is 0 Å². The van der Waals surface area contributed by atoms with Gasteiger partial charge in [-0.3, -0.25) is 0 Å². The molecule has 0 atom stereocenters. The zero-order valence-electron chi connectivity index (χ0n) is 12.0. The quantitative estimate of drug-likeness (QED) is 0.784. The molecule has 0 aliphatic rings.